The molecule has 1 fully saturated rings. The number of nitrogens with zero attached hydrogens (tertiary/aromatic N) is 4. The Bertz CT molecular complexity index is 1820. The van der Waals surface area contributed by atoms with Crippen LogP contribution in [0.4, 0.5) is 4.79 Å². The Morgan fingerprint density at radius 1 is 0.746 bits per heavy atom. The molecule has 4 N–H and O–H groups in total. The molecule has 4 rings (SSSR count). The third kappa shape index (κ3) is 11.2. The number of rotatable bonds is 17. The summed E-state index contributed by atoms with van der Waals surface area (Å²) in [6.45, 7) is 11.4. The molecule has 15 nitrogen and oxygen atoms in total. The van der Waals surface area contributed by atoms with Gasteiger partial charge in [-0.3, -0.25) is 33.7 Å². The number of amides is 7. The van der Waals surface area contributed by atoms with Crippen LogP contribution in [0.15, 0.2) is 48.5 Å². The topological polar surface area (TPSA) is 192 Å². The van der Waals surface area contributed by atoms with Gasteiger partial charge in [-0.15, -0.1) is 0 Å². The van der Waals surface area contributed by atoms with Crippen molar-refractivity contribution in [1.29, 1.82) is 0 Å². The van der Waals surface area contributed by atoms with E-state index in [0.717, 1.165) is 41.5 Å². The highest BCUT2D eigenvalue weighted by molar-refractivity contribution is 5.97. The van der Waals surface area contributed by atoms with Gasteiger partial charge in [0, 0.05) is 40.2 Å². The molecule has 1 heterocycles. The summed E-state index contributed by atoms with van der Waals surface area (Å²) in [5.41, 5.74) is 9.82. The van der Waals surface area contributed by atoms with Gasteiger partial charge >= 0.3 is 6.09 Å². The molecule has 59 heavy (non-hydrogen) atoms. The van der Waals surface area contributed by atoms with Gasteiger partial charge in [-0.05, 0) is 73.6 Å². The lowest BCUT2D eigenvalue weighted by atomic mass is 9.98. The number of benzene rings is 2. The van der Waals surface area contributed by atoms with Crippen LogP contribution in [0.25, 0.3) is 11.1 Å². The van der Waals surface area contributed by atoms with Crippen molar-refractivity contribution in [2.75, 3.05) is 40.8 Å². The van der Waals surface area contributed by atoms with Gasteiger partial charge in [-0.2, -0.15) is 0 Å². The highest BCUT2D eigenvalue weighted by Crippen LogP contribution is 2.44. The first-order chi connectivity index (χ1) is 27.8. The summed E-state index contributed by atoms with van der Waals surface area (Å²) in [7, 11) is 4.34. The zero-order valence-corrected chi connectivity index (χ0v) is 36.0. The van der Waals surface area contributed by atoms with Crippen molar-refractivity contribution in [1.82, 2.24) is 30.2 Å². The molecule has 0 radical (unpaired) electrons. The zero-order valence-electron chi connectivity index (χ0n) is 36.0. The maximum Gasteiger partial charge on any atom is 0.410 e. The van der Waals surface area contributed by atoms with Crippen molar-refractivity contribution >= 4 is 41.5 Å². The summed E-state index contributed by atoms with van der Waals surface area (Å²) in [5.74, 6) is -4.04. The monoisotopic (exact) mass is 817 g/mol. The zero-order chi connectivity index (χ0) is 43.7. The number of fused-ring (bicyclic) bond motifs is 3. The molecule has 5 atom stereocenters. The highest BCUT2D eigenvalue weighted by atomic mass is 16.6. The Labute approximate surface area is 348 Å². The molecular weight excluding hydrogens is 755 g/mol. The van der Waals surface area contributed by atoms with E-state index < -0.39 is 71.8 Å². The minimum Gasteiger partial charge on any atom is -0.448 e. The molecule has 15 heteroatoms. The van der Waals surface area contributed by atoms with E-state index in [1.54, 1.807) is 18.7 Å². The van der Waals surface area contributed by atoms with E-state index in [4.69, 9.17) is 10.5 Å². The molecule has 2 aliphatic rings. The van der Waals surface area contributed by atoms with Crippen LogP contribution in [0, 0.1) is 11.8 Å². The smallest absolute Gasteiger partial charge is 0.410 e. The van der Waals surface area contributed by atoms with E-state index >= 15 is 0 Å². The Morgan fingerprint density at radius 2 is 1.31 bits per heavy atom. The van der Waals surface area contributed by atoms with E-state index in [9.17, 15) is 33.6 Å². The van der Waals surface area contributed by atoms with Gasteiger partial charge in [-0.1, -0.05) is 76.2 Å². The quantitative estimate of drug-likeness (QED) is 0.216. The second-order valence-corrected chi connectivity index (χ2v) is 16.7. The molecule has 0 saturated carbocycles. The van der Waals surface area contributed by atoms with E-state index in [-0.39, 0.29) is 37.2 Å². The molecule has 0 aromatic heterocycles. The largest absolute Gasteiger partial charge is 0.448 e. The first-order valence-corrected chi connectivity index (χ1v) is 20.6. The van der Waals surface area contributed by atoms with Crippen molar-refractivity contribution in [2.45, 2.75) is 110 Å². The minimum atomic E-state index is -1.13. The summed E-state index contributed by atoms with van der Waals surface area (Å²) in [6.07, 6.45) is 1.80. The van der Waals surface area contributed by atoms with Crippen LogP contribution in [-0.2, 0) is 33.5 Å². The number of carbonyl (C=O) groups excluding carboxylic acids is 7. The standard InChI is InChI=1S/C44H63N7O8/c1-26(2)23-35(47-39(53)29(6)48(7)44(58)59-25-34-32-19-13-11-17-30(32)31-18-12-14-20-33(31)34)40(54)46-28(5)41(55)50(9)38(27(3)4)43(57)49(8)36(24-37(45)52)42(56)51-21-15-10-16-22-51/h11-14,17-20,26-29,34-36,38H,10,15-16,21-25H2,1-9H3,(H2,45,52)(H,46,54)(H,47,53)/t28?,29-,35?,36-,38-/m0/s1. The summed E-state index contributed by atoms with van der Waals surface area (Å²) in [5, 5.41) is 5.47. The van der Waals surface area contributed by atoms with Crippen LogP contribution in [0.1, 0.15) is 90.7 Å². The predicted molar refractivity (Wildman–Crippen MR) is 223 cm³/mol. The molecule has 2 aromatic rings. The maximum atomic E-state index is 14.0. The Balaban J connectivity index is 1.39. The Hall–Kier alpha value is -5.47. The number of ether oxygens (including phenoxy) is 1. The van der Waals surface area contributed by atoms with Crippen molar-refractivity contribution < 1.29 is 38.3 Å². The van der Waals surface area contributed by atoms with E-state index in [1.807, 2.05) is 62.4 Å². The van der Waals surface area contributed by atoms with Crippen molar-refractivity contribution in [2.24, 2.45) is 17.6 Å². The molecular formula is C44H63N7O8. The average Bonchev–Trinajstić information content (AvgIpc) is 3.53. The van der Waals surface area contributed by atoms with Crippen LogP contribution >= 0.6 is 0 Å². The highest BCUT2D eigenvalue weighted by Gasteiger charge is 2.40. The van der Waals surface area contributed by atoms with Gasteiger partial charge in [0.2, 0.25) is 35.4 Å². The SMILES string of the molecule is CC(C)CC(NC(=O)[C@H](C)N(C)C(=O)OCC1c2ccccc2-c2ccccc21)C(=O)NC(C)C(=O)N(C)[C@H](C(=O)N(C)[C@@H](CC(N)=O)C(=O)N1CCCCC1)C(C)C. The van der Waals surface area contributed by atoms with Gasteiger partial charge in [0.25, 0.3) is 0 Å². The van der Waals surface area contributed by atoms with Gasteiger partial charge in [-0.25, -0.2) is 4.79 Å². The summed E-state index contributed by atoms with van der Waals surface area (Å²) < 4.78 is 5.75. The second kappa shape index (κ2) is 20.5. The third-order valence-electron chi connectivity index (χ3n) is 11.5. The van der Waals surface area contributed by atoms with Crippen molar-refractivity contribution in [3.63, 3.8) is 0 Å². The fourth-order valence-corrected chi connectivity index (χ4v) is 8.01. The molecule has 7 amide bonds. The second-order valence-electron chi connectivity index (χ2n) is 16.7. The van der Waals surface area contributed by atoms with Crippen molar-refractivity contribution in [3.05, 3.63) is 59.7 Å². The van der Waals surface area contributed by atoms with E-state index in [1.165, 1.54) is 49.7 Å². The van der Waals surface area contributed by atoms with Gasteiger partial charge in [0.15, 0.2) is 0 Å². The van der Waals surface area contributed by atoms with Gasteiger partial charge in [0.05, 0.1) is 6.42 Å². The molecule has 1 saturated heterocycles. The summed E-state index contributed by atoms with van der Waals surface area (Å²) >= 11 is 0. The van der Waals surface area contributed by atoms with Crippen LogP contribution in [0.2, 0.25) is 0 Å². The van der Waals surface area contributed by atoms with Crippen LogP contribution in [0.5, 0.6) is 0 Å². The molecule has 1 aliphatic heterocycles. The summed E-state index contributed by atoms with van der Waals surface area (Å²) in [6, 6.07) is 10.6. The van der Waals surface area contributed by atoms with Crippen molar-refractivity contribution in [3.8, 4) is 11.1 Å². The van der Waals surface area contributed by atoms with E-state index in [2.05, 4.69) is 10.6 Å². The number of hydrogen-bond donors (Lipinski definition) is 3. The fourth-order valence-electron chi connectivity index (χ4n) is 8.01. The summed E-state index contributed by atoms with van der Waals surface area (Å²) in [4.78, 5) is 99.3. The molecule has 322 valence electrons. The Morgan fingerprint density at radius 3 is 1.83 bits per heavy atom. The molecule has 2 unspecified atom stereocenters. The number of hydrogen-bond acceptors (Lipinski definition) is 8. The minimum absolute atomic E-state index is 0.0330. The number of likely N-dealkylation sites (N-methyl/N-ethyl adjacent to an activating group) is 3. The number of primary amides is 1. The lowest BCUT2D eigenvalue weighted by Crippen LogP contribution is -2.60. The molecule has 0 bridgehead atoms. The first kappa shape index (κ1) is 46.2. The van der Waals surface area contributed by atoms with Crippen LogP contribution < -0.4 is 16.4 Å². The van der Waals surface area contributed by atoms with Gasteiger partial charge < -0.3 is 35.8 Å². The normalized spacial score (nSPS) is 16.2. The average molecular weight is 818 g/mol. The molecule has 1 aliphatic carbocycles. The predicted octanol–water partition coefficient (Wildman–Crippen LogP) is 3.49. The lowest BCUT2D eigenvalue weighted by molar-refractivity contribution is -0.153. The maximum absolute atomic E-state index is 14.0. The van der Waals surface area contributed by atoms with Crippen LogP contribution in [-0.4, -0.2) is 132 Å². The van der Waals surface area contributed by atoms with E-state index in [0.29, 0.717) is 13.1 Å². The number of likely N-dealkylation sites (tertiary alicyclic amines) is 1. The lowest BCUT2D eigenvalue weighted by Gasteiger charge is -2.39. The first-order valence-electron chi connectivity index (χ1n) is 20.6. The number of nitrogens with one attached hydrogen (secondary N) is 2. The Kier molecular flexibility index (Phi) is 16.0. The number of carbonyl (C=O) groups is 7. The van der Waals surface area contributed by atoms with Gasteiger partial charge in [0.1, 0.15) is 36.8 Å². The van der Waals surface area contributed by atoms with Crippen LogP contribution in [0.3, 0.4) is 0 Å². The number of nitrogens with two attached hydrogens (primary N) is 1. The third-order valence-corrected chi connectivity index (χ3v) is 11.5. The molecule has 2 aromatic carbocycles. The number of piperidine rings is 1. The fraction of sp³-hybridized carbons (Fsp3) is 0.568. The molecule has 0 spiro atoms.